The Hall–Kier alpha value is -2.81. The number of para-hydroxylation sites is 1. The Morgan fingerprint density at radius 3 is 2.39 bits per heavy atom. The van der Waals surface area contributed by atoms with E-state index in [9.17, 15) is 13.2 Å². The van der Waals surface area contributed by atoms with Crippen molar-refractivity contribution < 1.29 is 17.9 Å². The van der Waals surface area contributed by atoms with Crippen LogP contribution in [0.2, 0.25) is 0 Å². The minimum Gasteiger partial charge on any atom is -0.492 e. The fourth-order valence-electron chi connectivity index (χ4n) is 2.87. The Kier molecular flexibility index (Phi) is 7.73. The number of carbonyl (C=O) groups excluding carboxylic acids is 1. The predicted octanol–water partition coefficient (Wildman–Crippen LogP) is 4.79. The SMILES string of the molecule is CCNS(=O)(=O)c1cc(C(=O)Nc2ccccc2Sc2ccccc2)ccc1OCC. The second-order valence-corrected chi connectivity index (χ2v) is 9.31. The molecule has 0 spiro atoms. The number of benzene rings is 3. The average molecular weight is 457 g/mol. The third kappa shape index (κ3) is 5.88. The van der Waals surface area contributed by atoms with E-state index < -0.39 is 15.9 Å². The first kappa shape index (κ1) is 22.9. The van der Waals surface area contributed by atoms with Crippen molar-refractivity contribution in [1.29, 1.82) is 0 Å². The summed E-state index contributed by atoms with van der Waals surface area (Å²) < 4.78 is 33.1. The van der Waals surface area contributed by atoms with Crippen molar-refractivity contribution in [2.24, 2.45) is 0 Å². The van der Waals surface area contributed by atoms with Gasteiger partial charge in [-0.1, -0.05) is 49.0 Å². The van der Waals surface area contributed by atoms with Gasteiger partial charge in [0, 0.05) is 21.9 Å². The Bertz CT molecular complexity index is 1150. The van der Waals surface area contributed by atoms with Crippen LogP contribution in [-0.4, -0.2) is 27.5 Å². The monoisotopic (exact) mass is 456 g/mol. The van der Waals surface area contributed by atoms with Crippen molar-refractivity contribution >= 4 is 33.4 Å². The molecule has 3 aromatic rings. The van der Waals surface area contributed by atoms with Crippen molar-refractivity contribution in [1.82, 2.24) is 4.72 Å². The molecule has 0 aliphatic carbocycles. The Morgan fingerprint density at radius 1 is 0.968 bits per heavy atom. The molecule has 162 valence electrons. The van der Waals surface area contributed by atoms with Gasteiger partial charge in [-0.2, -0.15) is 0 Å². The Morgan fingerprint density at radius 2 is 1.68 bits per heavy atom. The van der Waals surface area contributed by atoms with Gasteiger partial charge < -0.3 is 10.1 Å². The first-order chi connectivity index (χ1) is 14.9. The van der Waals surface area contributed by atoms with E-state index in [2.05, 4.69) is 10.0 Å². The average Bonchev–Trinajstić information content (AvgIpc) is 2.76. The third-order valence-corrected chi connectivity index (χ3v) is 6.89. The van der Waals surface area contributed by atoms with Gasteiger partial charge in [-0.3, -0.25) is 4.79 Å². The smallest absolute Gasteiger partial charge is 0.255 e. The van der Waals surface area contributed by atoms with Crippen molar-refractivity contribution in [3.8, 4) is 5.75 Å². The highest BCUT2D eigenvalue weighted by molar-refractivity contribution is 7.99. The van der Waals surface area contributed by atoms with E-state index in [0.717, 1.165) is 9.79 Å². The second-order valence-electron chi connectivity index (χ2n) is 6.46. The van der Waals surface area contributed by atoms with Gasteiger partial charge in [-0.25, -0.2) is 13.1 Å². The van der Waals surface area contributed by atoms with Crippen LogP contribution < -0.4 is 14.8 Å². The largest absolute Gasteiger partial charge is 0.492 e. The summed E-state index contributed by atoms with van der Waals surface area (Å²) in [6.45, 7) is 4.00. The van der Waals surface area contributed by atoms with Gasteiger partial charge in [0.2, 0.25) is 10.0 Å². The van der Waals surface area contributed by atoms with Crippen LogP contribution in [0.15, 0.2) is 87.5 Å². The zero-order valence-electron chi connectivity index (χ0n) is 17.3. The molecule has 0 heterocycles. The van der Waals surface area contributed by atoms with Gasteiger partial charge in [0.15, 0.2) is 0 Å². The lowest BCUT2D eigenvalue weighted by Gasteiger charge is -2.14. The van der Waals surface area contributed by atoms with Crippen LogP contribution in [0.3, 0.4) is 0 Å². The van der Waals surface area contributed by atoms with Crippen LogP contribution in [0, 0.1) is 0 Å². The van der Waals surface area contributed by atoms with E-state index in [4.69, 9.17) is 4.74 Å². The molecule has 0 saturated heterocycles. The summed E-state index contributed by atoms with van der Waals surface area (Å²) >= 11 is 1.53. The molecule has 6 nitrogen and oxygen atoms in total. The summed E-state index contributed by atoms with van der Waals surface area (Å²) in [5.74, 6) is -0.197. The lowest BCUT2D eigenvalue weighted by Crippen LogP contribution is -2.24. The van der Waals surface area contributed by atoms with Crippen LogP contribution in [0.4, 0.5) is 5.69 Å². The van der Waals surface area contributed by atoms with E-state index >= 15 is 0 Å². The molecule has 0 atom stereocenters. The summed E-state index contributed by atoms with van der Waals surface area (Å²) in [5, 5.41) is 2.89. The second kappa shape index (κ2) is 10.5. The molecule has 3 aromatic carbocycles. The van der Waals surface area contributed by atoms with Crippen LogP contribution >= 0.6 is 11.8 Å². The highest BCUT2D eigenvalue weighted by Gasteiger charge is 2.21. The number of amides is 1. The molecule has 8 heteroatoms. The van der Waals surface area contributed by atoms with Gasteiger partial charge in [-0.05, 0) is 49.4 Å². The normalized spacial score (nSPS) is 11.2. The fraction of sp³-hybridized carbons (Fsp3) is 0.174. The Balaban J connectivity index is 1.89. The van der Waals surface area contributed by atoms with E-state index in [-0.39, 0.29) is 22.8 Å². The quantitative estimate of drug-likeness (QED) is 0.484. The highest BCUT2D eigenvalue weighted by atomic mass is 32.2. The Labute approximate surface area is 187 Å². The molecule has 31 heavy (non-hydrogen) atoms. The molecule has 2 N–H and O–H groups in total. The molecule has 0 unspecified atom stereocenters. The maximum Gasteiger partial charge on any atom is 0.255 e. The maximum atomic E-state index is 12.9. The number of hydrogen-bond acceptors (Lipinski definition) is 5. The first-order valence-electron chi connectivity index (χ1n) is 9.84. The van der Waals surface area contributed by atoms with Crippen molar-refractivity contribution in [3.05, 3.63) is 78.4 Å². The zero-order chi connectivity index (χ0) is 22.3. The zero-order valence-corrected chi connectivity index (χ0v) is 18.9. The predicted molar refractivity (Wildman–Crippen MR) is 123 cm³/mol. The van der Waals surface area contributed by atoms with E-state index in [1.54, 1.807) is 19.9 Å². The van der Waals surface area contributed by atoms with Crippen LogP contribution in [-0.2, 0) is 10.0 Å². The molecule has 0 aliphatic heterocycles. The molecular weight excluding hydrogens is 432 g/mol. The van der Waals surface area contributed by atoms with Crippen molar-refractivity contribution in [2.75, 3.05) is 18.5 Å². The maximum absolute atomic E-state index is 12.9. The van der Waals surface area contributed by atoms with Crippen LogP contribution in [0.5, 0.6) is 5.75 Å². The highest BCUT2D eigenvalue weighted by Crippen LogP contribution is 2.33. The van der Waals surface area contributed by atoms with Gasteiger partial charge in [0.1, 0.15) is 10.6 Å². The number of anilines is 1. The number of sulfonamides is 1. The summed E-state index contributed by atoms with van der Waals surface area (Å²) in [6, 6.07) is 21.7. The minimum atomic E-state index is -3.80. The molecule has 1 amide bonds. The van der Waals surface area contributed by atoms with Crippen molar-refractivity contribution in [3.63, 3.8) is 0 Å². The summed E-state index contributed by atoms with van der Waals surface area (Å²) in [6.07, 6.45) is 0. The van der Waals surface area contributed by atoms with Gasteiger partial charge in [0.25, 0.3) is 5.91 Å². The molecular formula is C23H24N2O4S2. The fourth-order valence-corrected chi connectivity index (χ4v) is 5.00. The molecule has 0 aliphatic rings. The molecule has 3 rings (SSSR count). The summed E-state index contributed by atoms with van der Waals surface area (Å²) in [5.41, 5.74) is 0.866. The van der Waals surface area contributed by atoms with E-state index in [1.165, 1.54) is 23.9 Å². The third-order valence-electron chi connectivity index (χ3n) is 4.24. The van der Waals surface area contributed by atoms with Crippen LogP contribution in [0.25, 0.3) is 0 Å². The molecule has 0 radical (unpaired) electrons. The van der Waals surface area contributed by atoms with Crippen molar-refractivity contribution in [2.45, 2.75) is 28.5 Å². The summed E-state index contributed by atoms with van der Waals surface area (Å²) in [7, 11) is -3.80. The topological polar surface area (TPSA) is 84.5 Å². The molecule has 0 bridgehead atoms. The summed E-state index contributed by atoms with van der Waals surface area (Å²) in [4.78, 5) is 14.8. The van der Waals surface area contributed by atoms with Gasteiger partial charge in [-0.15, -0.1) is 0 Å². The lowest BCUT2D eigenvalue weighted by atomic mass is 10.2. The van der Waals surface area contributed by atoms with E-state index in [0.29, 0.717) is 12.3 Å². The first-order valence-corrected chi connectivity index (χ1v) is 12.1. The standard InChI is InChI=1S/C23H24N2O4S2/c1-3-24-31(27,28)22-16-17(14-15-20(22)29-4-2)23(26)25-19-12-8-9-13-21(19)30-18-10-6-5-7-11-18/h5-16,24H,3-4H2,1-2H3,(H,25,26). The van der Waals surface area contributed by atoms with Gasteiger partial charge >= 0.3 is 0 Å². The number of rotatable bonds is 9. The number of ether oxygens (including phenoxy) is 1. The molecule has 0 fully saturated rings. The molecule has 0 saturated carbocycles. The number of carbonyl (C=O) groups is 1. The van der Waals surface area contributed by atoms with Crippen LogP contribution in [0.1, 0.15) is 24.2 Å². The number of nitrogens with one attached hydrogen (secondary N) is 2. The van der Waals surface area contributed by atoms with E-state index in [1.807, 2.05) is 54.6 Å². The lowest BCUT2D eigenvalue weighted by molar-refractivity contribution is 0.102. The minimum absolute atomic E-state index is 0.0594. The van der Waals surface area contributed by atoms with Gasteiger partial charge in [0.05, 0.1) is 12.3 Å². The molecule has 0 aromatic heterocycles. The number of hydrogen-bond donors (Lipinski definition) is 2.